The quantitative estimate of drug-likeness (QED) is 0.307. The summed E-state index contributed by atoms with van der Waals surface area (Å²) in [6.45, 7) is 1.75. The predicted molar refractivity (Wildman–Crippen MR) is 134 cm³/mol. The molecule has 1 saturated carbocycles. The highest BCUT2D eigenvalue weighted by Gasteiger charge is 2.59. The molecule has 38 heavy (non-hydrogen) atoms. The van der Waals surface area contributed by atoms with Crippen molar-refractivity contribution in [3.8, 4) is 6.07 Å². The number of hydrogen-bond acceptors (Lipinski definition) is 10. The van der Waals surface area contributed by atoms with Gasteiger partial charge in [-0.15, -0.1) is 0 Å². The summed E-state index contributed by atoms with van der Waals surface area (Å²) in [4.78, 5) is 29.0. The molecule has 3 N–H and O–H groups in total. The van der Waals surface area contributed by atoms with Gasteiger partial charge in [0.1, 0.15) is 30.1 Å². The fraction of sp³-hybridized carbons (Fsp3) is 0.654. The topological polar surface area (TPSA) is 168 Å². The molecule has 3 heterocycles. The second-order valence-electron chi connectivity index (χ2n) is 9.89. The lowest BCUT2D eigenvalue weighted by atomic mass is 9.87. The van der Waals surface area contributed by atoms with Crippen molar-refractivity contribution in [1.29, 1.82) is 5.26 Å². The molecule has 2 aliphatic rings. The second kappa shape index (κ2) is 12.5. The standard InChI is InChI=1S/C26H35N5O7/c1-2-3-7-12-36-25(35)30-24-18-10-11-20(31(18)29-16-28-24)26(15-27)23(34)22(19(14-32)38-26)37-21(33)13-17-8-5-4-6-9-17/h10-11,16-17,19,22-23,32,34H,2-9,12-14H2,1H3,(H,28,29,30,35)/t19-,22-,23-,26+/m1/s1. The molecule has 4 rings (SSSR count). The van der Waals surface area contributed by atoms with Gasteiger partial charge in [-0.25, -0.2) is 14.3 Å². The van der Waals surface area contributed by atoms with Crippen molar-refractivity contribution in [2.24, 2.45) is 5.92 Å². The molecule has 2 fully saturated rings. The van der Waals surface area contributed by atoms with Crippen LogP contribution < -0.4 is 5.32 Å². The number of aliphatic hydroxyl groups excluding tert-OH is 2. The minimum absolute atomic E-state index is 0.133. The Morgan fingerprint density at radius 3 is 2.79 bits per heavy atom. The molecular formula is C26H35N5O7. The number of unbranched alkanes of at least 4 members (excludes halogenated alkanes) is 2. The summed E-state index contributed by atoms with van der Waals surface area (Å²) in [5, 5.41) is 38.2. The normalized spacial score (nSPS) is 25.7. The number of ether oxygens (including phenoxy) is 3. The highest BCUT2D eigenvalue weighted by Crippen LogP contribution is 2.42. The summed E-state index contributed by atoms with van der Waals surface area (Å²) in [6.07, 6.45) is 4.62. The molecule has 1 aliphatic carbocycles. The minimum Gasteiger partial charge on any atom is -0.457 e. The van der Waals surface area contributed by atoms with Gasteiger partial charge >= 0.3 is 12.1 Å². The van der Waals surface area contributed by atoms with Gasteiger partial charge in [-0.05, 0) is 37.3 Å². The number of aliphatic hydroxyl groups is 2. The van der Waals surface area contributed by atoms with E-state index in [9.17, 15) is 25.1 Å². The first kappa shape index (κ1) is 27.8. The Hall–Kier alpha value is -3.27. The van der Waals surface area contributed by atoms with Crippen molar-refractivity contribution in [2.45, 2.75) is 88.6 Å². The lowest BCUT2D eigenvalue weighted by Crippen LogP contribution is -2.43. The number of carbonyl (C=O) groups excluding carboxylic acids is 2. The van der Waals surface area contributed by atoms with Crippen LogP contribution in [0.2, 0.25) is 0 Å². The van der Waals surface area contributed by atoms with Gasteiger partial charge in [0.05, 0.1) is 18.9 Å². The number of esters is 1. The number of fused-ring (bicyclic) bond motifs is 1. The van der Waals surface area contributed by atoms with E-state index in [2.05, 4.69) is 15.4 Å². The first-order valence-corrected chi connectivity index (χ1v) is 13.3. The summed E-state index contributed by atoms with van der Waals surface area (Å²) in [5.41, 5.74) is -1.53. The number of nitrogens with one attached hydrogen (secondary N) is 1. The molecule has 2 aromatic heterocycles. The maximum absolute atomic E-state index is 12.7. The first-order chi connectivity index (χ1) is 18.4. The third-order valence-electron chi connectivity index (χ3n) is 7.26. The monoisotopic (exact) mass is 529 g/mol. The SMILES string of the molecule is CCCCCOC(=O)Nc1ncnn2c([C@]3(C#N)O[C@H](CO)[C@@H](OC(=O)CC4CCCCC4)[C@H]3O)ccc12. The number of carbonyl (C=O) groups is 2. The Morgan fingerprint density at radius 2 is 2.08 bits per heavy atom. The molecule has 0 aromatic carbocycles. The first-order valence-electron chi connectivity index (χ1n) is 13.3. The smallest absolute Gasteiger partial charge is 0.412 e. The van der Waals surface area contributed by atoms with Crippen LogP contribution in [-0.4, -0.2) is 68.4 Å². The Labute approximate surface area is 220 Å². The molecule has 0 unspecified atom stereocenters. The lowest BCUT2D eigenvalue weighted by Gasteiger charge is -2.25. The van der Waals surface area contributed by atoms with E-state index in [1.54, 1.807) is 6.07 Å². The average molecular weight is 530 g/mol. The zero-order valence-electron chi connectivity index (χ0n) is 21.5. The molecule has 12 heteroatoms. The molecule has 4 atom stereocenters. The predicted octanol–water partition coefficient (Wildman–Crippen LogP) is 2.82. The van der Waals surface area contributed by atoms with E-state index in [4.69, 9.17) is 14.2 Å². The molecule has 0 bridgehead atoms. The van der Waals surface area contributed by atoms with E-state index >= 15 is 0 Å². The van der Waals surface area contributed by atoms with Crippen molar-refractivity contribution in [3.05, 3.63) is 24.2 Å². The maximum atomic E-state index is 12.7. The van der Waals surface area contributed by atoms with Gasteiger partial charge in [-0.3, -0.25) is 10.1 Å². The maximum Gasteiger partial charge on any atom is 0.412 e. The van der Waals surface area contributed by atoms with Gasteiger partial charge in [0, 0.05) is 6.42 Å². The Balaban J connectivity index is 1.53. The number of amides is 1. The van der Waals surface area contributed by atoms with Crippen LogP contribution in [0, 0.1) is 17.2 Å². The summed E-state index contributed by atoms with van der Waals surface area (Å²) >= 11 is 0. The summed E-state index contributed by atoms with van der Waals surface area (Å²) in [7, 11) is 0. The van der Waals surface area contributed by atoms with E-state index < -0.39 is 42.6 Å². The van der Waals surface area contributed by atoms with Crippen LogP contribution in [0.3, 0.4) is 0 Å². The van der Waals surface area contributed by atoms with Gasteiger partial charge in [-0.1, -0.05) is 39.0 Å². The minimum atomic E-state index is -2.00. The van der Waals surface area contributed by atoms with Crippen LogP contribution >= 0.6 is 0 Å². The number of hydrogen-bond donors (Lipinski definition) is 3. The van der Waals surface area contributed by atoms with Crippen molar-refractivity contribution in [2.75, 3.05) is 18.5 Å². The summed E-state index contributed by atoms with van der Waals surface area (Å²) in [6, 6.07) is 5.07. The number of aromatic nitrogens is 3. The Kier molecular flexibility index (Phi) is 9.14. The molecule has 1 aliphatic heterocycles. The largest absolute Gasteiger partial charge is 0.457 e. The fourth-order valence-electron chi connectivity index (χ4n) is 5.24. The third-order valence-corrected chi connectivity index (χ3v) is 7.26. The van der Waals surface area contributed by atoms with Gasteiger partial charge in [0.2, 0.25) is 5.60 Å². The molecule has 12 nitrogen and oxygen atoms in total. The molecule has 206 valence electrons. The molecule has 1 amide bonds. The zero-order valence-corrected chi connectivity index (χ0v) is 21.5. The van der Waals surface area contributed by atoms with E-state index in [1.807, 2.05) is 13.0 Å². The molecule has 2 aromatic rings. The number of rotatable bonds is 10. The molecule has 0 radical (unpaired) electrons. The number of anilines is 1. The van der Waals surface area contributed by atoms with Crippen molar-refractivity contribution < 1.29 is 34.0 Å². The third kappa shape index (κ3) is 5.75. The van der Waals surface area contributed by atoms with Crippen LogP contribution in [-0.2, 0) is 24.6 Å². The van der Waals surface area contributed by atoms with E-state index in [0.717, 1.165) is 51.4 Å². The van der Waals surface area contributed by atoms with Crippen LogP contribution in [0.5, 0.6) is 0 Å². The second-order valence-corrected chi connectivity index (χ2v) is 9.89. The number of nitriles is 1. The van der Waals surface area contributed by atoms with Crippen LogP contribution in [0.25, 0.3) is 5.52 Å². The van der Waals surface area contributed by atoms with Crippen LogP contribution in [0.4, 0.5) is 10.6 Å². The molecule has 0 spiro atoms. The molecule has 1 saturated heterocycles. The summed E-state index contributed by atoms with van der Waals surface area (Å²) < 4.78 is 18.0. The van der Waals surface area contributed by atoms with Crippen molar-refractivity contribution in [3.63, 3.8) is 0 Å². The Morgan fingerprint density at radius 1 is 1.29 bits per heavy atom. The van der Waals surface area contributed by atoms with Gasteiger partial charge in [0.25, 0.3) is 0 Å². The van der Waals surface area contributed by atoms with Crippen LogP contribution in [0.1, 0.15) is 70.4 Å². The number of nitrogens with zero attached hydrogens (tertiary/aromatic N) is 4. The fourth-order valence-corrected chi connectivity index (χ4v) is 5.24. The zero-order chi connectivity index (χ0) is 27.1. The van der Waals surface area contributed by atoms with Crippen molar-refractivity contribution in [1.82, 2.24) is 14.6 Å². The summed E-state index contributed by atoms with van der Waals surface area (Å²) in [5.74, 6) is -0.135. The average Bonchev–Trinajstić information content (AvgIpc) is 3.47. The van der Waals surface area contributed by atoms with Gasteiger partial charge < -0.3 is 24.4 Å². The Bertz CT molecular complexity index is 1160. The van der Waals surface area contributed by atoms with E-state index in [-0.39, 0.29) is 30.5 Å². The van der Waals surface area contributed by atoms with Crippen LogP contribution in [0.15, 0.2) is 18.5 Å². The van der Waals surface area contributed by atoms with E-state index in [0.29, 0.717) is 5.52 Å². The lowest BCUT2D eigenvalue weighted by molar-refractivity contribution is -0.158. The molecular weight excluding hydrogens is 494 g/mol. The van der Waals surface area contributed by atoms with E-state index in [1.165, 1.54) is 16.9 Å². The highest BCUT2D eigenvalue weighted by molar-refractivity contribution is 5.88. The van der Waals surface area contributed by atoms with Gasteiger partial charge in [0.15, 0.2) is 11.9 Å². The van der Waals surface area contributed by atoms with Gasteiger partial charge in [-0.2, -0.15) is 10.4 Å². The highest BCUT2D eigenvalue weighted by atomic mass is 16.6. The van der Waals surface area contributed by atoms with Crippen molar-refractivity contribution >= 4 is 23.4 Å².